The minimum absolute atomic E-state index is 0. The average Bonchev–Trinajstić information content (AvgIpc) is 1.90. The molecule has 1 N–H and O–H groups in total. The Morgan fingerprint density at radius 3 is 2.60 bits per heavy atom. The largest absolute Gasteiger partial charge is 0.508 e. The summed E-state index contributed by atoms with van der Waals surface area (Å²) in [5.74, 6) is 0.224. The molecule has 0 atom stereocenters. The molecule has 4 heteroatoms. The van der Waals surface area contributed by atoms with Crippen LogP contribution in [0.2, 0.25) is 0 Å². The predicted octanol–water partition coefficient (Wildman–Crippen LogP) is 1.48. The Labute approximate surface area is 64.7 Å². The maximum Gasteiger partial charge on any atom is 0.296 e. The molecule has 54 valence electrons. The number of hydrogen-bond acceptors (Lipinski definition) is 1. The highest BCUT2D eigenvalue weighted by atomic mass is 35.5. The molecule has 3 nitrogen and oxygen atoms in total. The molecule has 0 saturated heterocycles. The van der Waals surface area contributed by atoms with Crippen LogP contribution in [0.25, 0.3) is 5.53 Å². The molecule has 0 aliphatic heterocycles. The molecule has 0 saturated carbocycles. The second kappa shape index (κ2) is 3.88. The fourth-order valence-electron chi connectivity index (χ4n) is 0.601. The molecule has 0 heterocycles. The van der Waals surface area contributed by atoms with Crippen molar-refractivity contribution in [2.45, 2.75) is 6.42 Å². The van der Waals surface area contributed by atoms with Crippen LogP contribution in [-0.2, 0) is 0 Å². The van der Waals surface area contributed by atoms with Gasteiger partial charge in [-0.2, -0.15) is 4.79 Å². The van der Waals surface area contributed by atoms with Gasteiger partial charge in [0.15, 0.2) is 0 Å². The molecule has 1 aliphatic carbocycles. The third-order valence-electron chi connectivity index (χ3n) is 1.10. The molecule has 10 heavy (non-hydrogen) atoms. The van der Waals surface area contributed by atoms with E-state index in [-0.39, 0.29) is 18.2 Å². The van der Waals surface area contributed by atoms with E-state index in [1.54, 1.807) is 12.2 Å². The van der Waals surface area contributed by atoms with E-state index < -0.39 is 0 Å². The van der Waals surface area contributed by atoms with Crippen LogP contribution in [0.15, 0.2) is 24.0 Å². The molecule has 1 aliphatic rings. The SMILES string of the molecule is Cl.[N-]=[N+]=C1C=CC(O)=CC1. The van der Waals surface area contributed by atoms with Crippen molar-refractivity contribution in [1.82, 2.24) is 0 Å². The molecule has 0 bridgehead atoms. The van der Waals surface area contributed by atoms with E-state index in [9.17, 15) is 0 Å². The molecule has 0 unspecified atom stereocenters. The highest BCUT2D eigenvalue weighted by Gasteiger charge is 2.05. The van der Waals surface area contributed by atoms with Gasteiger partial charge in [0, 0.05) is 6.08 Å². The van der Waals surface area contributed by atoms with E-state index in [1.807, 2.05) is 0 Å². The summed E-state index contributed by atoms with van der Waals surface area (Å²) in [7, 11) is 0. The Morgan fingerprint density at radius 1 is 1.50 bits per heavy atom. The number of aliphatic hydroxyl groups excluding tert-OH is 1. The zero-order valence-electron chi connectivity index (χ0n) is 5.19. The number of allylic oxidation sites excluding steroid dienone is 3. The van der Waals surface area contributed by atoms with E-state index in [1.165, 1.54) is 6.08 Å². The Kier molecular flexibility index (Phi) is 3.47. The third-order valence-corrected chi connectivity index (χ3v) is 1.10. The lowest BCUT2D eigenvalue weighted by atomic mass is 10.1. The summed E-state index contributed by atoms with van der Waals surface area (Å²) in [6.45, 7) is 0. The highest BCUT2D eigenvalue weighted by Crippen LogP contribution is 2.02. The lowest BCUT2D eigenvalue weighted by Crippen LogP contribution is -1.97. The van der Waals surface area contributed by atoms with Crippen LogP contribution in [0, 0.1) is 0 Å². The first kappa shape index (κ1) is 8.95. The van der Waals surface area contributed by atoms with Crippen molar-refractivity contribution in [3.63, 3.8) is 0 Å². The van der Waals surface area contributed by atoms with Crippen molar-refractivity contribution in [3.05, 3.63) is 29.5 Å². The van der Waals surface area contributed by atoms with E-state index in [0.717, 1.165) is 0 Å². The van der Waals surface area contributed by atoms with E-state index in [4.69, 9.17) is 10.6 Å². The first-order chi connectivity index (χ1) is 4.33. The van der Waals surface area contributed by atoms with Gasteiger partial charge in [0.25, 0.3) is 5.71 Å². The van der Waals surface area contributed by atoms with Crippen LogP contribution in [0.1, 0.15) is 6.42 Å². The van der Waals surface area contributed by atoms with Gasteiger partial charge in [-0.05, 0) is 12.2 Å². The van der Waals surface area contributed by atoms with Crippen LogP contribution < -0.4 is 0 Å². The summed E-state index contributed by atoms with van der Waals surface area (Å²) in [4.78, 5) is 2.96. The molecule has 1 rings (SSSR count). The smallest absolute Gasteiger partial charge is 0.296 e. The fourth-order valence-corrected chi connectivity index (χ4v) is 0.601. The van der Waals surface area contributed by atoms with Crippen LogP contribution in [0.3, 0.4) is 0 Å². The van der Waals surface area contributed by atoms with Gasteiger partial charge in [-0.25, -0.2) is 0 Å². The van der Waals surface area contributed by atoms with Crippen LogP contribution >= 0.6 is 12.4 Å². The first-order valence-corrected chi connectivity index (χ1v) is 2.61. The maximum atomic E-state index is 8.76. The van der Waals surface area contributed by atoms with Crippen molar-refractivity contribution >= 4 is 18.1 Å². The van der Waals surface area contributed by atoms with Gasteiger partial charge in [-0.3, -0.25) is 0 Å². The van der Waals surface area contributed by atoms with Crippen LogP contribution in [0.4, 0.5) is 0 Å². The van der Waals surface area contributed by atoms with Crippen LogP contribution in [-0.4, -0.2) is 15.6 Å². The topological polar surface area (TPSA) is 56.6 Å². The minimum atomic E-state index is 0. The minimum Gasteiger partial charge on any atom is -0.508 e. The summed E-state index contributed by atoms with van der Waals surface area (Å²) in [6, 6.07) is 0. The summed E-state index contributed by atoms with van der Waals surface area (Å²) in [5.41, 5.74) is 8.77. The quantitative estimate of drug-likeness (QED) is 0.421. The van der Waals surface area contributed by atoms with Crippen molar-refractivity contribution in [3.8, 4) is 0 Å². The Bertz CT molecular complexity index is 226. The van der Waals surface area contributed by atoms with Gasteiger partial charge >= 0.3 is 0 Å². The highest BCUT2D eigenvalue weighted by molar-refractivity contribution is 5.92. The molecule has 0 amide bonds. The molecule has 0 fully saturated rings. The maximum absolute atomic E-state index is 8.76. The summed E-state index contributed by atoms with van der Waals surface area (Å²) >= 11 is 0. The van der Waals surface area contributed by atoms with Gasteiger partial charge in [-0.15, -0.1) is 12.4 Å². The molecule has 0 aromatic rings. The van der Waals surface area contributed by atoms with E-state index >= 15 is 0 Å². The Morgan fingerprint density at radius 2 is 2.20 bits per heavy atom. The van der Waals surface area contributed by atoms with Gasteiger partial charge in [0.1, 0.15) is 5.76 Å². The average molecular weight is 159 g/mol. The van der Waals surface area contributed by atoms with Crippen molar-refractivity contribution in [1.29, 1.82) is 0 Å². The first-order valence-electron chi connectivity index (χ1n) is 2.61. The number of hydrogen-bond donors (Lipinski definition) is 1. The standard InChI is InChI=1S/C6H6N2O.ClH/c7-8-5-1-3-6(9)4-2-5;/h1,3-4,9H,2H2;1H. The second-order valence-corrected chi connectivity index (χ2v) is 1.76. The monoisotopic (exact) mass is 158 g/mol. The van der Waals surface area contributed by atoms with Crippen LogP contribution in [0.5, 0.6) is 0 Å². The lowest BCUT2D eigenvalue weighted by Gasteiger charge is -1.92. The number of halogens is 1. The van der Waals surface area contributed by atoms with Gasteiger partial charge < -0.3 is 10.6 Å². The van der Waals surface area contributed by atoms with Gasteiger partial charge in [-0.1, -0.05) is 0 Å². The molecule has 0 aromatic carbocycles. The summed E-state index contributed by atoms with van der Waals surface area (Å²) < 4.78 is 0. The number of nitrogens with zero attached hydrogens (tertiary/aromatic N) is 2. The normalized spacial score (nSPS) is 15.2. The Balaban J connectivity index is 0.000000810. The molecular formula is C6H7ClN2O. The van der Waals surface area contributed by atoms with Gasteiger partial charge in [0.2, 0.25) is 0 Å². The van der Waals surface area contributed by atoms with Crippen molar-refractivity contribution < 1.29 is 9.90 Å². The molecular weight excluding hydrogens is 152 g/mol. The second-order valence-electron chi connectivity index (χ2n) is 1.76. The van der Waals surface area contributed by atoms with Crippen molar-refractivity contribution in [2.75, 3.05) is 0 Å². The summed E-state index contributed by atoms with van der Waals surface area (Å²) in [5, 5.41) is 8.76. The zero-order valence-corrected chi connectivity index (χ0v) is 6.01. The number of aliphatic hydroxyl groups is 1. The fraction of sp³-hybridized carbons (Fsp3) is 0.167. The number of rotatable bonds is 0. The lowest BCUT2D eigenvalue weighted by molar-refractivity contribution is -0.00551. The third kappa shape index (κ3) is 2.05. The van der Waals surface area contributed by atoms with E-state index in [2.05, 4.69) is 4.79 Å². The molecule has 0 aromatic heterocycles. The predicted molar refractivity (Wildman–Crippen MR) is 40.3 cm³/mol. The Hall–Kier alpha value is -1.05. The zero-order chi connectivity index (χ0) is 6.69. The van der Waals surface area contributed by atoms with Crippen molar-refractivity contribution in [2.24, 2.45) is 0 Å². The van der Waals surface area contributed by atoms with Gasteiger partial charge in [0.05, 0.1) is 6.42 Å². The van der Waals surface area contributed by atoms with E-state index in [0.29, 0.717) is 12.1 Å². The molecule has 0 radical (unpaired) electrons. The summed E-state index contributed by atoms with van der Waals surface area (Å²) in [6.07, 6.45) is 5.13. The molecule has 0 spiro atoms.